The van der Waals surface area contributed by atoms with Crippen LogP contribution in [0.2, 0.25) is 0 Å². The van der Waals surface area contributed by atoms with Crippen molar-refractivity contribution >= 4 is 13.8 Å². The van der Waals surface area contributed by atoms with E-state index in [1.165, 1.54) is 19.3 Å². The lowest BCUT2D eigenvalue weighted by molar-refractivity contribution is -0.870. The van der Waals surface area contributed by atoms with Crippen LogP contribution in [0.15, 0.2) is 122 Å². The van der Waals surface area contributed by atoms with Gasteiger partial charge in [-0.15, -0.1) is 0 Å². The molecule has 2 atom stereocenters. The average Bonchev–Trinajstić information content (AvgIpc) is 3.24. The van der Waals surface area contributed by atoms with Crippen LogP contribution in [0.5, 0.6) is 0 Å². The number of carbonyl (C=O) groups excluding carboxylic acids is 1. The third-order valence-electron chi connectivity index (χ3n) is 9.51. The number of ether oxygens (including phenoxy) is 2. The van der Waals surface area contributed by atoms with Gasteiger partial charge in [-0.3, -0.25) is 9.36 Å². The normalized spacial score (nSPS) is 14.7. The summed E-state index contributed by atoms with van der Waals surface area (Å²) in [5.41, 5.74) is 0. The van der Waals surface area contributed by atoms with Gasteiger partial charge in [-0.05, 0) is 103 Å². The second-order valence-electron chi connectivity index (χ2n) is 16.7. The maximum atomic E-state index is 12.7. The van der Waals surface area contributed by atoms with E-state index in [0.29, 0.717) is 24.1 Å². The number of hydrogen-bond acceptors (Lipinski definition) is 7. The van der Waals surface area contributed by atoms with E-state index in [9.17, 15) is 14.3 Å². The van der Waals surface area contributed by atoms with Gasteiger partial charge in [0.05, 0.1) is 34.4 Å². The number of likely N-dealkylation sites (N-methyl/N-ethyl adjacent to an activating group) is 1. The predicted octanol–water partition coefficient (Wildman–Crippen LogP) is 14.3. The zero-order chi connectivity index (χ0) is 46.2. The van der Waals surface area contributed by atoms with Gasteiger partial charge in [-0.25, -0.2) is 0 Å². The van der Waals surface area contributed by atoms with Crippen molar-refractivity contribution in [3.05, 3.63) is 122 Å². The summed E-state index contributed by atoms with van der Waals surface area (Å²) in [4.78, 5) is 25.1. The van der Waals surface area contributed by atoms with Gasteiger partial charge >= 0.3 is 5.97 Å². The van der Waals surface area contributed by atoms with Crippen LogP contribution in [0, 0.1) is 0 Å². The Balaban J connectivity index is 4.31. The molecule has 0 rings (SSSR count). The Morgan fingerprint density at radius 3 is 1.30 bits per heavy atom. The summed E-state index contributed by atoms with van der Waals surface area (Å²) < 4.78 is 34.6. The fraction of sp³-hybridized carbons (Fsp3) is 0.611. The number of allylic oxidation sites excluding steroid dienone is 20. The molecule has 0 aliphatic rings. The lowest BCUT2D eigenvalue weighted by atomic mass is 10.1. The largest absolute Gasteiger partial charge is 0.756 e. The number of nitrogens with zero attached hydrogens (tertiary/aromatic N) is 1. The smallest absolute Gasteiger partial charge is 0.306 e. The monoisotopic (exact) mass is 896 g/mol. The molecule has 0 radical (unpaired) electrons. The van der Waals surface area contributed by atoms with E-state index in [1.807, 2.05) is 21.1 Å². The molecule has 0 aromatic rings. The highest BCUT2D eigenvalue weighted by Crippen LogP contribution is 2.38. The number of phosphoric ester groups is 1. The van der Waals surface area contributed by atoms with Gasteiger partial charge in [0, 0.05) is 13.0 Å². The van der Waals surface area contributed by atoms with Crippen LogP contribution >= 0.6 is 7.82 Å². The highest BCUT2D eigenvalue weighted by atomic mass is 31.2. The molecule has 358 valence electrons. The Labute approximate surface area is 386 Å². The van der Waals surface area contributed by atoms with Crippen LogP contribution in [-0.4, -0.2) is 70.7 Å². The Kier molecular flexibility index (Phi) is 43.2. The van der Waals surface area contributed by atoms with Crippen molar-refractivity contribution in [1.82, 2.24) is 0 Å². The minimum atomic E-state index is -4.55. The van der Waals surface area contributed by atoms with Crippen LogP contribution in [0.4, 0.5) is 0 Å². The molecule has 0 aromatic heterocycles. The summed E-state index contributed by atoms with van der Waals surface area (Å²) in [7, 11) is 1.30. The van der Waals surface area contributed by atoms with Crippen molar-refractivity contribution in [2.45, 2.75) is 161 Å². The fourth-order valence-electron chi connectivity index (χ4n) is 5.83. The first-order valence-corrected chi connectivity index (χ1v) is 25.7. The van der Waals surface area contributed by atoms with Gasteiger partial charge in [-0.2, -0.15) is 0 Å². The first kappa shape index (κ1) is 59.9. The number of unbranched alkanes of at least 4 members (excludes halogenated alkanes) is 9. The molecule has 0 spiro atoms. The number of rotatable bonds is 43. The molecule has 0 amide bonds. The zero-order valence-corrected chi connectivity index (χ0v) is 41.4. The van der Waals surface area contributed by atoms with Gasteiger partial charge in [0.25, 0.3) is 7.82 Å². The summed E-state index contributed by atoms with van der Waals surface area (Å²) in [6, 6.07) is 0. The molecule has 8 nitrogen and oxygen atoms in total. The lowest BCUT2D eigenvalue weighted by Crippen LogP contribution is -2.37. The summed E-state index contributed by atoms with van der Waals surface area (Å²) in [6.07, 6.45) is 65.1. The highest BCUT2D eigenvalue weighted by molar-refractivity contribution is 7.45. The molecule has 2 unspecified atom stereocenters. The van der Waals surface area contributed by atoms with Crippen molar-refractivity contribution in [1.29, 1.82) is 0 Å². The molecule has 0 bridgehead atoms. The number of carbonyl (C=O) groups is 1. The fourth-order valence-corrected chi connectivity index (χ4v) is 6.56. The Morgan fingerprint density at radius 1 is 0.492 bits per heavy atom. The molecular formula is C54H90NO7P. The second-order valence-corrected chi connectivity index (χ2v) is 18.1. The van der Waals surface area contributed by atoms with Crippen molar-refractivity contribution in [2.24, 2.45) is 0 Å². The van der Waals surface area contributed by atoms with Crippen LogP contribution in [0.25, 0.3) is 0 Å². The van der Waals surface area contributed by atoms with Gasteiger partial charge < -0.3 is 27.9 Å². The van der Waals surface area contributed by atoms with E-state index in [0.717, 1.165) is 109 Å². The maximum absolute atomic E-state index is 12.7. The molecule has 0 aromatic carbocycles. The second kappa shape index (κ2) is 45.5. The summed E-state index contributed by atoms with van der Waals surface area (Å²) in [5.74, 6) is -0.377. The standard InChI is InChI=1S/C54H90NO7P/c1-6-8-10-12-14-16-18-20-22-24-25-26-27-28-29-30-31-32-33-35-37-39-41-43-45-47-54(56)62-53(52-61-63(57,58)60-50-48-55(3,4)5)51-59-49-46-44-42-40-38-36-34-23-21-19-17-15-13-11-9-7-2/h8-11,14-17,20-23,25-26,28-29,31-32,35,37,53H,6-7,12-13,18-19,24,27,30,33-34,36,38-52H2,1-5H3/b10-8-,11-9-,16-14-,17-15-,22-20-,23-21-,26-25-,29-28-,32-31-,37-35-. The van der Waals surface area contributed by atoms with Gasteiger partial charge in [-0.1, -0.05) is 167 Å². The van der Waals surface area contributed by atoms with Crippen LogP contribution in [-0.2, 0) is 27.9 Å². The SMILES string of the molecule is CC/C=C\C/C=C\C/C=C\C/C=C\C/C=C\C/C=C\C/C=C\CCCCCC(=O)OC(COCCCCCCCC/C=C\C/C=C\C/C=C\CC)COP(=O)([O-])OCC[N+](C)(C)C. The lowest BCUT2D eigenvalue weighted by Gasteiger charge is -2.28. The van der Waals surface area contributed by atoms with E-state index in [1.54, 1.807) is 0 Å². The Bertz CT molecular complexity index is 1410. The molecule has 9 heteroatoms. The molecule has 0 heterocycles. The van der Waals surface area contributed by atoms with Crippen LogP contribution < -0.4 is 4.89 Å². The van der Waals surface area contributed by atoms with E-state index in [2.05, 4.69) is 135 Å². The number of hydrogen-bond donors (Lipinski definition) is 0. The minimum absolute atomic E-state index is 0.00858. The topological polar surface area (TPSA) is 94.1 Å². The minimum Gasteiger partial charge on any atom is -0.756 e. The Hall–Kier alpha value is -3.10. The van der Waals surface area contributed by atoms with Crippen molar-refractivity contribution in [3.63, 3.8) is 0 Å². The highest BCUT2D eigenvalue weighted by Gasteiger charge is 2.20. The first-order chi connectivity index (χ1) is 30.6. The molecule has 0 saturated heterocycles. The summed E-state index contributed by atoms with van der Waals surface area (Å²) in [5, 5.41) is 0. The number of phosphoric acid groups is 1. The third kappa shape index (κ3) is 49.8. The Morgan fingerprint density at radius 2 is 0.873 bits per heavy atom. The predicted molar refractivity (Wildman–Crippen MR) is 267 cm³/mol. The van der Waals surface area contributed by atoms with E-state index in [4.69, 9.17) is 18.5 Å². The molecule has 0 aliphatic carbocycles. The van der Waals surface area contributed by atoms with E-state index >= 15 is 0 Å². The number of quaternary nitrogens is 1. The molecule has 0 N–H and O–H groups in total. The van der Waals surface area contributed by atoms with Crippen LogP contribution in [0.3, 0.4) is 0 Å². The molecular weight excluding hydrogens is 806 g/mol. The summed E-state index contributed by atoms with van der Waals surface area (Å²) >= 11 is 0. The van der Waals surface area contributed by atoms with Crippen LogP contribution in [0.1, 0.15) is 155 Å². The van der Waals surface area contributed by atoms with Crippen molar-refractivity contribution in [2.75, 3.05) is 54.1 Å². The molecule has 63 heavy (non-hydrogen) atoms. The first-order valence-electron chi connectivity index (χ1n) is 24.3. The summed E-state index contributed by atoms with van der Waals surface area (Å²) in [6.45, 7) is 5.07. The number of esters is 1. The molecule has 0 saturated carbocycles. The van der Waals surface area contributed by atoms with Crippen molar-refractivity contribution in [3.8, 4) is 0 Å². The van der Waals surface area contributed by atoms with E-state index in [-0.39, 0.29) is 32.2 Å². The van der Waals surface area contributed by atoms with Gasteiger partial charge in [0.15, 0.2) is 0 Å². The molecule has 0 fully saturated rings. The third-order valence-corrected chi connectivity index (χ3v) is 10.5. The zero-order valence-electron chi connectivity index (χ0n) is 40.5. The van der Waals surface area contributed by atoms with E-state index < -0.39 is 13.9 Å². The van der Waals surface area contributed by atoms with Gasteiger partial charge in [0.1, 0.15) is 19.3 Å². The maximum Gasteiger partial charge on any atom is 0.306 e. The van der Waals surface area contributed by atoms with Gasteiger partial charge in [0.2, 0.25) is 0 Å². The van der Waals surface area contributed by atoms with Crippen molar-refractivity contribution < 1.29 is 37.3 Å². The quantitative estimate of drug-likeness (QED) is 0.0198. The molecule has 0 aliphatic heterocycles. The average molecular weight is 896 g/mol.